The third-order valence-electron chi connectivity index (χ3n) is 1.39. The number of carbonyl (C=O) groups is 1. The summed E-state index contributed by atoms with van der Waals surface area (Å²) in [6.07, 6.45) is 0. The summed E-state index contributed by atoms with van der Waals surface area (Å²) in [4.78, 5) is 31.7. The van der Waals surface area contributed by atoms with E-state index in [0.717, 1.165) is 0 Å². The highest BCUT2D eigenvalue weighted by Crippen LogP contribution is 1.81. The van der Waals surface area contributed by atoms with Crippen LogP contribution in [0.5, 0.6) is 0 Å². The van der Waals surface area contributed by atoms with Crippen LogP contribution >= 0.6 is 0 Å². The molecule has 0 aliphatic heterocycles. The second-order valence-electron chi connectivity index (χ2n) is 2.33. The summed E-state index contributed by atoms with van der Waals surface area (Å²) >= 11 is 0. The second kappa shape index (κ2) is 3.27. The van der Waals surface area contributed by atoms with Gasteiger partial charge >= 0.3 is 17.4 Å². The van der Waals surface area contributed by atoms with Crippen molar-refractivity contribution in [2.45, 2.75) is 12.6 Å². The molecule has 1 aromatic heterocycles. The normalized spacial score (nSPS) is 12.7. The summed E-state index contributed by atoms with van der Waals surface area (Å²) in [7, 11) is 0. The molecule has 1 atom stereocenters. The number of nitrogens with two attached hydrogens (primary N) is 1. The Balaban J connectivity index is 2.92. The van der Waals surface area contributed by atoms with E-state index < -0.39 is 30.0 Å². The molecule has 4 N–H and O–H groups in total. The summed E-state index contributed by atoms with van der Waals surface area (Å²) in [5.41, 5.74) is 4.27. The molecule has 1 aromatic rings. The number of aromatic nitrogens is 2. The molecule has 0 fully saturated rings. The lowest BCUT2D eigenvalue weighted by Crippen LogP contribution is -2.40. The zero-order chi connectivity index (χ0) is 10.0. The largest absolute Gasteiger partial charge is 0.480 e. The van der Waals surface area contributed by atoms with Crippen molar-refractivity contribution in [2.24, 2.45) is 5.73 Å². The fourth-order valence-electron chi connectivity index (χ4n) is 0.713. The minimum atomic E-state index is -1.31. The van der Waals surface area contributed by atoms with Crippen molar-refractivity contribution in [2.75, 3.05) is 0 Å². The Morgan fingerprint density at radius 1 is 1.69 bits per heavy atom. The van der Waals surface area contributed by atoms with Crippen molar-refractivity contribution in [3.63, 3.8) is 0 Å². The molecule has 0 radical (unpaired) electrons. The zero-order valence-corrected chi connectivity index (χ0v) is 6.39. The van der Waals surface area contributed by atoms with E-state index in [2.05, 4.69) is 4.52 Å². The van der Waals surface area contributed by atoms with Gasteiger partial charge in [0.15, 0.2) is 0 Å². The van der Waals surface area contributed by atoms with Crippen molar-refractivity contribution in [1.82, 2.24) is 9.72 Å². The quantitative estimate of drug-likeness (QED) is 0.483. The molecule has 1 heterocycles. The van der Waals surface area contributed by atoms with Crippen LogP contribution in [0.1, 0.15) is 0 Å². The average molecular weight is 189 g/mol. The van der Waals surface area contributed by atoms with Gasteiger partial charge in [-0.15, -0.1) is 0 Å². The van der Waals surface area contributed by atoms with Gasteiger partial charge in [0.1, 0.15) is 6.04 Å². The number of carboxylic acid groups (broad SMARTS) is 1. The van der Waals surface area contributed by atoms with Crippen molar-refractivity contribution in [1.29, 1.82) is 0 Å². The SMILES string of the molecule is NC(Cn1c(=O)[nH]oc1=O)C(=O)O. The van der Waals surface area contributed by atoms with E-state index in [1.165, 1.54) is 0 Å². The Kier molecular flexibility index (Phi) is 2.33. The summed E-state index contributed by atoms with van der Waals surface area (Å²) in [5.74, 6) is -2.26. The zero-order valence-electron chi connectivity index (χ0n) is 6.39. The van der Waals surface area contributed by atoms with Crippen LogP contribution in [0.4, 0.5) is 0 Å². The van der Waals surface area contributed by atoms with Crippen molar-refractivity contribution < 1.29 is 14.4 Å². The Morgan fingerprint density at radius 2 is 2.31 bits per heavy atom. The number of rotatable bonds is 3. The van der Waals surface area contributed by atoms with Crippen LogP contribution in [0.2, 0.25) is 0 Å². The topological polar surface area (TPSA) is 131 Å². The van der Waals surface area contributed by atoms with Gasteiger partial charge in [-0.1, -0.05) is 0 Å². The molecular formula is C5H7N3O5. The maximum absolute atomic E-state index is 10.8. The molecule has 13 heavy (non-hydrogen) atoms. The molecule has 8 nitrogen and oxygen atoms in total. The van der Waals surface area contributed by atoms with Crippen molar-refractivity contribution >= 4 is 5.97 Å². The number of hydrogen-bond donors (Lipinski definition) is 3. The average Bonchev–Trinajstić information content (AvgIpc) is 2.35. The number of aliphatic carboxylic acids is 1. The van der Waals surface area contributed by atoms with E-state index in [1.807, 2.05) is 0 Å². The predicted octanol–water partition coefficient (Wildman–Crippen LogP) is -2.46. The Bertz CT molecular complexity index is 385. The number of nitrogens with one attached hydrogen (secondary N) is 1. The Hall–Kier alpha value is -1.83. The Labute approximate surface area is 70.5 Å². The third-order valence-corrected chi connectivity index (χ3v) is 1.39. The van der Waals surface area contributed by atoms with Crippen LogP contribution in [0.3, 0.4) is 0 Å². The lowest BCUT2D eigenvalue weighted by Gasteiger charge is -2.02. The van der Waals surface area contributed by atoms with Gasteiger partial charge in [-0.2, -0.15) is 5.16 Å². The molecule has 0 saturated heterocycles. The fraction of sp³-hybridized carbons (Fsp3) is 0.400. The van der Waals surface area contributed by atoms with E-state index in [1.54, 1.807) is 5.16 Å². The molecular weight excluding hydrogens is 182 g/mol. The fourth-order valence-corrected chi connectivity index (χ4v) is 0.713. The summed E-state index contributed by atoms with van der Waals surface area (Å²) in [5, 5.41) is 10.1. The number of carboxylic acids is 1. The monoisotopic (exact) mass is 189 g/mol. The Morgan fingerprint density at radius 3 is 2.69 bits per heavy atom. The molecule has 1 unspecified atom stereocenters. The van der Waals surface area contributed by atoms with Crippen LogP contribution < -0.4 is 17.2 Å². The molecule has 72 valence electrons. The first kappa shape index (κ1) is 9.26. The van der Waals surface area contributed by atoms with Gasteiger partial charge in [0, 0.05) is 0 Å². The van der Waals surface area contributed by atoms with E-state index in [0.29, 0.717) is 4.57 Å². The number of hydrogen-bond acceptors (Lipinski definition) is 5. The second-order valence-corrected chi connectivity index (χ2v) is 2.33. The van der Waals surface area contributed by atoms with Gasteiger partial charge in [0.05, 0.1) is 6.54 Å². The van der Waals surface area contributed by atoms with Crippen LogP contribution in [-0.4, -0.2) is 26.8 Å². The minimum absolute atomic E-state index is 0.417. The molecule has 0 bridgehead atoms. The maximum Gasteiger partial charge on any atom is 0.442 e. The smallest absolute Gasteiger partial charge is 0.442 e. The number of H-pyrrole nitrogens is 1. The van der Waals surface area contributed by atoms with E-state index in [9.17, 15) is 14.4 Å². The van der Waals surface area contributed by atoms with Gasteiger partial charge in [0.2, 0.25) is 0 Å². The highest BCUT2D eigenvalue weighted by Gasteiger charge is 2.15. The van der Waals surface area contributed by atoms with Gasteiger partial charge in [-0.05, 0) is 0 Å². The first-order valence-electron chi connectivity index (χ1n) is 3.29. The van der Waals surface area contributed by atoms with Crippen LogP contribution in [-0.2, 0) is 11.3 Å². The molecule has 1 rings (SSSR count). The number of nitrogens with zero attached hydrogens (tertiary/aromatic N) is 1. The van der Waals surface area contributed by atoms with Gasteiger partial charge in [0.25, 0.3) is 0 Å². The highest BCUT2D eigenvalue weighted by atomic mass is 16.5. The standard InChI is InChI=1S/C5H7N3O5/c6-2(3(9)10)1-8-4(11)7-13-5(8)12/h2H,1,6H2,(H,7,11)(H,9,10). The van der Waals surface area contributed by atoms with Gasteiger partial charge in [-0.3, -0.25) is 4.79 Å². The van der Waals surface area contributed by atoms with Gasteiger partial charge in [-0.25, -0.2) is 14.2 Å². The predicted molar refractivity (Wildman–Crippen MR) is 39.2 cm³/mol. The highest BCUT2D eigenvalue weighted by molar-refractivity contribution is 5.72. The summed E-state index contributed by atoms with van der Waals surface area (Å²) < 4.78 is 4.67. The summed E-state index contributed by atoms with van der Waals surface area (Å²) in [6, 6.07) is -1.31. The summed E-state index contributed by atoms with van der Waals surface area (Å²) in [6.45, 7) is -0.417. The lowest BCUT2D eigenvalue weighted by molar-refractivity contribution is -0.138. The van der Waals surface area contributed by atoms with Crippen LogP contribution in [0.25, 0.3) is 0 Å². The maximum atomic E-state index is 10.8. The molecule has 0 saturated carbocycles. The number of aromatic amines is 1. The minimum Gasteiger partial charge on any atom is -0.480 e. The first-order valence-corrected chi connectivity index (χ1v) is 3.29. The molecule has 0 amide bonds. The van der Waals surface area contributed by atoms with E-state index >= 15 is 0 Å². The molecule has 8 heteroatoms. The van der Waals surface area contributed by atoms with E-state index in [-0.39, 0.29) is 0 Å². The van der Waals surface area contributed by atoms with Gasteiger partial charge < -0.3 is 15.4 Å². The van der Waals surface area contributed by atoms with Crippen LogP contribution in [0, 0.1) is 0 Å². The van der Waals surface area contributed by atoms with E-state index in [4.69, 9.17) is 10.8 Å². The lowest BCUT2D eigenvalue weighted by atomic mass is 10.3. The first-order chi connectivity index (χ1) is 6.02. The van der Waals surface area contributed by atoms with Crippen molar-refractivity contribution in [3.8, 4) is 0 Å². The molecule has 0 spiro atoms. The van der Waals surface area contributed by atoms with Crippen LogP contribution in [0.15, 0.2) is 14.1 Å². The van der Waals surface area contributed by atoms with Crippen molar-refractivity contribution in [3.05, 3.63) is 21.0 Å². The molecule has 0 aromatic carbocycles. The third kappa shape index (κ3) is 1.85. The molecule has 0 aliphatic rings. The molecule has 0 aliphatic carbocycles.